The van der Waals surface area contributed by atoms with Crippen molar-refractivity contribution in [2.45, 2.75) is 219 Å². The molecule has 0 spiro atoms. The van der Waals surface area contributed by atoms with Crippen LogP contribution in [0.15, 0.2) is 72.9 Å². The van der Waals surface area contributed by atoms with Crippen LogP contribution in [0, 0.1) is 0 Å². The van der Waals surface area contributed by atoms with Crippen LogP contribution in [0.25, 0.3) is 0 Å². The maximum absolute atomic E-state index is 12.7. The Kier molecular flexibility index (Phi) is 44.5. The van der Waals surface area contributed by atoms with Gasteiger partial charge in [0.25, 0.3) is 0 Å². The Labute approximate surface area is 347 Å². The normalized spacial score (nSPS) is 12.8. The molecule has 0 aromatic heterocycles. The Morgan fingerprint density at radius 1 is 0.411 bits per heavy atom. The van der Waals surface area contributed by atoms with Crippen molar-refractivity contribution in [1.82, 2.24) is 0 Å². The van der Waals surface area contributed by atoms with Crippen molar-refractivity contribution < 1.29 is 23.8 Å². The van der Waals surface area contributed by atoms with E-state index in [0.29, 0.717) is 19.4 Å². The lowest BCUT2D eigenvalue weighted by atomic mass is 10.1. The fourth-order valence-corrected chi connectivity index (χ4v) is 6.24. The number of carbonyl (C=O) groups is 2. The van der Waals surface area contributed by atoms with E-state index in [1.807, 2.05) is 0 Å². The molecule has 0 aromatic carbocycles. The first-order chi connectivity index (χ1) is 27.6. The molecule has 0 aliphatic rings. The quantitative estimate of drug-likeness (QED) is 0.0351. The van der Waals surface area contributed by atoms with E-state index >= 15 is 0 Å². The Bertz CT molecular complexity index is 1020. The molecule has 0 heterocycles. The number of unbranched alkanes of at least 4 members (excludes halogenated alkanes) is 19. The highest BCUT2D eigenvalue weighted by molar-refractivity contribution is 5.70. The van der Waals surface area contributed by atoms with Gasteiger partial charge in [0.1, 0.15) is 6.61 Å². The minimum absolute atomic E-state index is 0.0584. The summed E-state index contributed by atoms with van der Waals surface area (Å²) in [5.41, 5.74) is 0. The first-order valence-electron chi connectivity index (χ1n) is 23.5. The highest BCUT2D eigenvalue weighted by Crippen LogP contribution is 2.13. The van der Waals surface area contributed by atoms with Crippen molar-refractivity contribution in [1.29, 1.82) is 0 Å². The number of hydrogen-bond acceptors (Lipinski definition) is 5. The van der Waals surface area contributed by atoms with Crippen LogP contribution < -0.4 is 0 Å². The Balaban J connectivity index is 4.30. The number of ether oxygens (including phenoxy) is 3. The third-order valence-electron chi connectivity index (χ3n) is 9.73. The van der Waals surface area contributed by atoms with Crippen LogP contribution >= 0.6 is 0 Å². The minimum atomic E-state index is -0.556. The Hall–Kier alpha value is -2.66. The largest absolute Gasteiger partial charge is 0.462 e. The van der Waals surface area contributed by atoms with Gasteiger partial charge in [-0.05, 0) is 89.9 Å². The first-order valence-corrected chi connectivity index (χ1v) is 23.5. The summed E-state index contributed by atoms with van der Waals surface area (Å²) in [5, 5.41) is 0. The van der Waals surface area contributed by atoms with E-state index in [-0.39, 0.29) is 25.2 Å². The maximum atomic E-state index is 12.7. The summed E-state index contributed by atoms with van der Waals surface area (Å²) in [6.45, 7) is 7.60. The molecular weight excluding hydrogens is 693 g/mol. The van der Waals surface area contributed by atoms with Crippen molar-refractivity contribution in [3.63, 3.8) is 0 Å². The van der Waals surface area contributed by atoms with Crippen molar-refractivity contribution in [2.75, 3.05) is 19.8 Å². The standard InChI is InChI=1S/C51H88O5/c1-4-7-10-13-16-19-21-23-25-27-29-31-34-37-40-43-46-54-47-49(56-51(53)45-42-39-36-32-18-15-12-9-6-3)48-55-50(52)44-41-38-35-33-30-28-26-24-22-20-17-14-11-8-5-2/h8,11,16-17,19-20,23-26,30,33,49H,4-7,9-10,12-15,18,21-22,27-29,31-32,34-48H2,1-3H3/b11-8-,19-16-,20-17-,25-23-,26-24-,33-30-. The maximum Gasteiger partial charge on any atom is 0.306 e. The van der Waals surface area contributed by atoms with Crippen molar-refractivity contribution in [2.24, 2.45) is 0 Å². The second kappa shape index (κ2) is 46.7. The molecule has 0 saturated heterocycles. The molecule has 0 rings (SSSR count). The van der Waals surface area contributed by atoms with Gasteiger partial charge >= 0.3 is 11.9 Å². The van der Waals surface area contributed by atoms with Crippen molar-refractivity contribution >= 4 is 11.9 Å². The highest BCUT2D eigenvalue weighted by Gasteiger charge is 2.17. The van der Waals surface area contributed by atoms with Crippen LogP contribution in [0.3, 0.4) is 0 Å². The van der Waals surface area contributed by atoms with Gasteiger partial charge in [-0.2, -0.15) is 0 Å². The van der Waals surface area contributed by atoms with Gasteiger partial charge in [-0.3, -0.25) is 9.59 Å². The topological polar surface area (TPSA) is 61.8 Å². The smallest absolute Gasteiger partial charge is 0.306 e. The minimum Gasteiger partial charge on any atom is -0.462 e. The Morgan fingerprint density at radius 2 is 0.804 bits per heavy atom. The predicted molar refractivity (Wildman–Crippen MR) is 242 cm³/mol. The summed E-state index contributed by atoms with van der Waals surface area (Å²) < 4.78 is 17.3. The molecule has 5 heteroatoms. The first kappa shape index (κ1) is 53.3. The average Bonchev–Trinajstić information content (AvgIpc) is 3.20. The van der Waals surface area contributed by atoms with Gasteiger partial charge in [0, 0.05) is 19.4 Å². The number of carbonyl (C=O) groups excluding carboxylic acids is 2. The van der Waals surface area contributed by atoms with Crippen LogP contribution in [-0.4, -0.2) is 37.9 Å². The lowest BCUT2D eigenvalue weighted by Gasteiger charge is -2.18. The van der Waals surface area contributed by atoms with E-state index in [2.05, 4.69) is 93.7 Å². The van der Waals surface area contributed by atoms with Crippen LogP contribution in [0.2, 0.25) is 0 Å². The molecular formula is C51H88O5. The molecule has 0 N–H and O–H groups in total. The summed E-state index contributed by atoms with van der Waals surface area (Å²) in [5.74, 6) is -0.454. The zero-order valence-corrected chi connectivity index (χ0v) is 36.9. The molecule has 0 fully saturated rings. The summed E-state index contributed by atoms with van der Waals surface area (Å²) in [6.07, 6.45) is 59.0. The van der Waals surface area contributed by atoms with Crippen LogP contribution in [0.5, 0.6) is 0 Å². The molecule has 0 aliphatic carbocycles. The Morgan fingerprint density at radius 3 is 1.36 bits per heavy atom. The number of rotatable bonds is 42. The van der Waals surface area contributed by atoms with E-state index < -0.39 is 6.10 Å². The second-order valence-corrected chi connectivity index (χ2v) is 15.3. The third-order valence-corrected chi connectivity index (χ3v) is 9.73. The van der Waals surface area contributed by atoms with E-state index in [9.17, 15) is 9.59 Å². The van der Waals surface area contributed by atoms with Crippen molar-refractivity contribution in [3.8, 4) is 0 Å². The molecule has 1 unspecified atom stereocenters. The SMILES string of the molecule is CC/C=C\C/C=C\C/C=C\C/C=C\CCCCC(=O)OCC(COCCCCCCCC/C=C\C/C=C\CCCCC)OC(=O)CCCCCCCCCCC. The fourth-order valence-electron chi connectivity index (χ4n) is 6.24. The lowest BCUT2D eigenvalue weighted by molar-refractivity contribution is -0.163. The van der Waals surface area contributed by atoms with E-state index in [1.165, 1.54) is 103 Å². The molecule has 56 heavy (non-hydrogen) atoms. The molecule has 0 radical (unpaired) electrons. The van der Waals surface area contributed by atoms with Gasteiger partial charge in [-0.1, -0.05) is 184 Å². The molecule has 0 aliphatic heterocycles. The predicted octanol–water partition coefficient (Wildman–Crippen LogP) is 15.6. The van der Waals surface area contributed by atoms with E-state index in [0.717, 1.165) is 77.0 Å². The monoisotopic (exact) mass is 781 g/mol. The van der Waals surface area contributed by atoms with E-state index in [4.69, 9.17) is 14.2 Å². The molecule has 0 bridgehead atoms. The van der Waals surface area contributed by atoms with Gasteiger partial charge in [-0.25, -0.2) is 0 Å². The zero-order chi connectivity index (χ0) is 40.7. The number of hydrogen-bond donors (Lipinski definition) is 0. The zero-order valence-electron chi connectivity index (χ0n) is 36.9. The highest BCUT2D eigenvalue weighted by atomic mass is 16.6. The van der Waals surface area contributed by atoms with Gasteiger partial charge in [-0.15, -0.1) is 0 Å². The number of allylic oxidation sites excluding steroid dienone is 12. The fraction of sp³-hybridized carbons (Fsp3) is 0.725. The summed E-state index contributed by atoms with van der Waals surface area (Å²) in [7, 11) is 0. The number of esters is 2. The van der Waals surface area contributed by atoms with E-state index in [1.54, 1.807) is 0 Å². The van der Waals surface area contributed by atoms with Gasteiger partial charge in [0.05, 0.1) is 6.61 Å². The molecule has 5 nitrogen and oxygen atoms in total. The third kappa shape index (κ3) is 44.1. The van der Waals surface area contributed by atoms with Crippen LogP contribution in [-0.2, 0) is 23.8 Å². The summed E-state index contributed by atoms with van der Waals surface area (Å²) >= 11 is 0. The summed E-state index contributed by atoms with van der Waals surface area (Å²) in [4.78, 5) is 25.2. The molecule has 1 atom stereocenters. The van der Waals surface area contributed by atoms with Gasteiger partial charge < -0.3 is 14.2 Å². The second-order valence-electron chi connectivity index (χ2n) is 15.3. The summed E-state index contributed by atoms with van der Waals surface area (Å²) in [6, 6.07) is 0. The van der Waals surface area contributed by atoms with Crippen molar-refractivity contribution in [3.05, 3.63) is 72.9 Å². The molecule has 0 amide bonds. The molecule has 0 saturated carbocycles. The lowest BCUT2D eigenvalue weighted by Crippen LogP contribution is -2.30. The van der Waals surface area contributed by atoms with Gasteiger partial charge in [0.2, 0.25) is 0 Å². The molecule has 322 valence electrons. The van der Waals surface area contributed by atoms with Crippen LogP contribution in [0.4, 0.5) is 0 Å². The van der Waals surface area contributed by atoms with Gasteiger partial charge in [0.15, 0.2) is 6.10 Å². The molecule has 0 aromatic rings. The van der Waals surface area contributed by atoms with Crippen LogP contribution in [0.1, 0.15) is 213 Å². The average molecular weight is 781 g/mol.